The first-order valence-corrected chi connectivity index (χ1v) is 4.75. The molecule has 15 heavy (non-hydrogen) atoms. The van der Waals surface area contributed by atoms with E-state index in [0.29, 0.717) is 0 Å². The van der Waals surface area contributed by atoms with Crippen molar-refractivity contribution in [2.45, 2.75) is 3.79 Å². The standard InChI is InChI=1S/C7H5Cl3N2O3/c1-15-5(14)3-2-4(13)12-6(11-3)7(8,9)10/h2H,1H3,(H,11,12,13). The first-order valence-electron chi connectivity index (χ1n) is 3.61. The number of aromatic nitrogens is 2. The molecule has 1 aromatic rings. The van der Waals surface area contributed by atoms with E-state index in [9.17, 15) is 9.59 Å². The SMILES string of the molecule is COC(=O)c1cc(=O)[nH]c(C(Cl)(Cl)Cl)n1. The zero-order valence-corrected chi connectivity index (χ0v) is 9.65. The highest BCUT2D eigenvalue weighted by Crippen LogP contribution is 2.35. The van der Waals surface area contributed by atoms with Gasteiger partial charge in [-0.1, -0.05) is 34.8 Å². The van der Waals surface area contributed by atoms with Crippen molar-refractivity contribution in [1.29, 1.82) is 0 Å². The van der Waals surface area contributed by atoms with E-state index in [0.717, 1.165) is 13.2 Å². The molecular formula is C7H5Cl3N2O3. The number of carbonyl (C=O) groups excluding carboxylic acids is 1. The van der Waals surface area contributed by atoms with Crippen LogP contribution in [0, 0.1) is 0 Å². The van der Waals surface area contributed by atoms with Gasteiger partial charge in [0, 0.05) is 6.07 Å². The molecule has 0 spiro atoms. The number of esters is 1. The third-order valence-electron chi connectivity index (χ3n) is 1.40. The van der Waals surface area contributed by atoms with E-state index in [2.05, 4.69) is 14.7 Å². The van der Waals surface area contributed by atoms with Crippen molar-refractivity contribution in [2.75, 3.05) is 7.11 Å². The van der Waals surface area contributed by atoms with Gasteiger partial charge in [-0.05, 0) is 0 Å². The fraction of sp³-hybridized carbons (Fsp3) is 0.286. The Morgan fingerprint density at radius 3 is 2.60 bits per heavy atom. The fourth-order valence-electron chi connectivity index (χ4n) is 0.801. The minimum Gasteiger partial charge on any atom is -0.464 e. The molecule has 0 radical (unpaired) electrons. The van der Waals surface area contributed by atoms with Crippen molar-refractivity contribution in [3.63, 3.8) is 0 Å². The summed E-state index contributed by atoms with van der Waals surface area (Å²) in [6.45, 7) is 0. The zero-order valence-electron chi connectivity index (χ0n) is 7.38. The van der Waals surface area contributed by atoms with Gasteiger partial charge in [0.2, 0.25) is 3.79 Å². The van der Waals surface area contributed by atoms with Crippen LogP contribution in [0.5, 0.6) is 0 Å². The molecule has 0 saturated carbocycles. The van der Waals surface area contributed by atoms with E-state index < -0.39 is 15.3 Å². The summed E-state index contributed by atoms with van der Waals surface area (Å²) in [5.74, 6) is -1.02. The van der Waals surface area contributed by atoms with Crippen LogP contribution in [0.4, 0.5) is 0 Å². The van der Waals surface area contributed by atoms with E-state index in [4.69, 9.17) is 34.8 Å². The minimum atomic E-state index is -1.90. The number of ether oxygens (including phenoxy) is 1. The van der Waals surface area contributed by atoms with Crippen LogP contribution in [0.15, 0.2) is 10.9 Å². The van der Waals surface area contributed by atoms with Crippen LogP contribution in [0.2, 0.25) is 0 Å². The second-order valence-electron chi connectivity index (χ2n) is 2.47. The second kappa shape index (κ2) is 4.38. The fourth-order valence-corrected chi connectivity index (χ4v) is 1.07. The monoisotopic (exact) mass is 270 g/mol. The maximum absolute atomic E-state index is 11.1. The van der Waals surface area contributed by atoms with Crippen molar-refractivity contribution in [3.05, 3.63) is 27.9 Å². The highest BCUT2D eigenvalue weighted by Gasteiger charge is 2.27. The third-order valence-corrected chi connectivity index (χ3v) is 1.94. The van der Waals surface area contributed by atoms with Gasteiger partial charge in [-0.25, -0.2) is 9.78 Å². The van der Waals surface area contributed by atoms with Gasteiger partial charge in [-0.2, -0.15) is 0 Å². The molecule has 1 N–H and O–H groups in total. The summed E-state index contributed by atoms with van der Waals surface area (Å²) in [6.07, 6.45) is 0. The number of alkyl halides is 3. The normalized spacial score (nSPS) is 11.2. The Morgan fingerprint density at radius 1 is 1.53 bits per heavy atom. The number of carbonyl (C=O) groups is 1. The minimum absolute atomic E-state index is 0.220. The van der Waals surface area contributed by atoms with E-state index in [1.807, 2.05) is 0 Å². The van der Waals surface area contributed by atoms with E-state index in [1.54, 1.807) is 0 Å². The summed E-state index contributed by atoms with van der Waals surface area (Å²) in [7, 11) is 1.15. The van der Waals surface area contributed by atoms with Gasteiger partial charge < -0.3 is 9.72 Å². The first kappa shape index (κ1) is 12.3. The molecule has 5 nitrogen and oxygen atoms in total. The summed E-state index contributed by atoms with van der Waals surface area (Å²) in [6, 6.07) is 0.950. The number of nitrogens with zero attached hydrogens (tertiary/aromatic N) is 1. The van der Waals surface area contributed by atoms with Crippen LogP contribution >= 0.6 is 34.8 Å². The molecule has 0 atom stereocenters. The summed E-state index contributed by atoms with van der Waals surface area (Å²) < 4.78 is 2.48. The Hall–Kier alpha value is -0.780. The van der Waals surface area contributed by atoms with Gasteiger partial charge in [0.15, 0.2) is 11.5 Å². The maximum Gasteiger partial charge on any atom is 0.356 e. The van der Waals surface area contributed by atoms with Crippen LogP contribution in [-0.4, -0.2) is 23.0 Å². The molecule has 0 aromatic carbocycles. The lowest BCUT2D eigenvalue weighted by Gasteiger charge is -2.09. The van der Waals surface area contributed by atoms with E-state index >= 15 is 0 Å². The molecule has 0 bridgehead atoms. The summed E-state index contributed by atoms with van der Waals surface area (Å²) in [5, 5.41) is 0. The molecule has 0 saturated heterocycles. The van der Waals surface area contributed by atoms with Gasteiger partial charge in [0.25, 0.3) is 5.56 Å². The smallest absolute Gasteiger partial charge is 0.356 e. The Balaban J connectivity index is 3.29. The second-order valence-corrected chi connectivity index (χ2v) is 4.75. The molecular weight excluding hydrogens is 266 g/mol. The molecule has 82 valence electrons. The predicted molar refractivity (Wildman–Crippen MR) is 55.4 cm³/mol. The molecule has 0 fully saturated rings. The average molecular weight is 271 g/mol. The molecule has 0 aliphatic heterocycles. The van der Waals surface area contributed by atoms with Crippen LogP contribution in [0.3, 0.4) is 0 Å². The van der Waals surface area contributed by atoms with Gasteiger partial charge in [-0.3, -0.25) is 4.79 Å². The van der Waals surface area contributed by atoms with Gasteiger partial charge >= 0.3 is 5.97 Å². The quantitative estimate of drug-likeness (QED) is 0.619. The van der Waals surface area contributed by atoms with Crippen LogP contribution in [0.1, 0.15) is 16.3 Å². The number of hydrogen-bond donors (Lipinski definition) is 1. The van der Waals surface area contributed by atoms with Crippen molar-refractivity contribution in [1.82, 2.24) is 9.97 Å². The molecule has 1 rings (SSSR count). The molecule has 0 aliphatic rings. The lowest BCUT2D eigenvalue weighted by Crippen LogP contribution is -2.20. The Labute approximate surface area is 99.3 Å². The van der Waals surface area contributed by atoms with Crippen LogP contribution < -0.4 is 5.56 Å². The van der Waals surface area contributed by atoms with Gasteiger partial charge in [-0.15, -0.1) is 0 Å². The third kappa shape index (κ3) is 3.09. The van der Waals surface area contributed by atoms with Crippen molar-refractivity contribution < 1.29 is 9.53 Å². The highest BCUT2D eigenvalue weighted by molar-refractivity contribution is 6.66. The highest BCUT2D eigenvalue weighted by atomic mass is 35.6. The topological polar surface area (TPSA) is 72.1 Å². The number of aromatic amines is 1. The van der Waals surface area contributed by atoms with Crippen molar-refractivity contribution in [3.8, 4) is 0 Å². The number of methoxy groups -OCH3 is 1. The summed E-state index contributed by atoms with van der Waals surface area (Å²) in [5.41, 5.74) is -0.825. The molecule has 8 heteroatoms. The Kier molecular flexibility index (Phi) is 3.59. The number of nitrogens with one attached hydrogen (secondary N) is 1. The van der Waals surface area contributed by atoms with Crippen molar-refractivity contribution >= 4 is 40.8 Å². The first-order chi connectivity index (χ1) is 6.84. The molecule has 0 aliphatic carbocycles. The van der Waals surface area contributed by atoms with Gasteiger partial charge in [0.1, 0.15) is 0 Å². The Bertz CT molecular complexity index is 438. The number of rotatable bonds is 1. The van der Waals surface area contributed by atoms with E-state index in [-0.39, 0.29) is 11.5 Å². The molecule has 0 amide bonds. The largest absolute Gasteiger partial charge is 0.464 e. The number of hydrogen-bond acceptors (Lipinski definition) is 4. The van der Waals surface area contributed by atoms with Crippen LogP contribution in [-0.2, 0) is 8.53 Å². The van der Waals surface area contributed by atoms with Crippen LogP contribution in [0.25, 0.3) is 0 Å². The number of halogens is 3. The lowest BCUT2D eigenvalue weighted by molar-refractivity contribution is 0.0593. The molecule has 1 aromatic heterocycles. The Morgan fingerprint density at radius 2 is 2.13 bits per heavy atom. The average Bonchev–Trinajstić information content (AvgIpc) is 2.14. The predicted octanol–water partition coefficient (Wildman–Crippen LogP) is 1.38. The zero-order chi connectivity index (χ0) is 11.6. The maximum atomic E-state index is 11.1. The molecule has 1 heterocycles. The van der Waals surface area contributed by atoms with Crippen molar-refractivity contribution in [2.24, 2.45) is 0 Å². The number of H-pyrrole nitrogens is 1. The van der Waals surface area contributed by atoms with Gasteiger partial charge in [0.05, 0.1) is 7.11 Å². The summed E-state index contributed by atoms with van der Waals surface area (Å²) in [4.78, 5) is 28.0. The van der Waals surface area contributed by atoms with E-state index in [1.165, 1.54) is 0 Å². The summed E-state index contributed by atoms with van der Waals surface area (Å²) >= 11 is 16.5. The molecule has 0 unspecified atom stereocenters. The lowest BCUT2D eigenvalue weighted by atomic mass is 10.4.